The van der Waals surface area contributed by atoms with Gasteiger partial charge in [-0.2, -0.15) is 8.42 Å². The molecule has 0 aromatic heterocycles. The van der Waals surface area contributed by atoms with E-state index >= 15 is 0 Å². The first-order valence-corrected chi connectivity index (χ1v) is 8.15. The number of hydrogen-bond donors (Lipinski definition) is 0. The van der Waals surface area contributed by atoms with Crippen molar-refractivity contribution in [1.29, 1.82) is 0 Å². The second kappa shape index (κ2) is 4.85. The molecule has 0 bridgehead atoms. The Morgan fingerprint density at radius 2 is 1.19 bits per heavy atom. The standard InChI is InChI=1S/C12H20O8S/c1-11(2)15-5-7(17-11)9-10(20-21(13,14)19-9)8-6-16-12(3,4)18-8/h7-10H,5-6H2,1-4H3/t7-,8+,9+,10-. The average molecular weight is 324 g/mol. The largest absolute Gasteiger partial charge is 0.400 e. The van der Waals surface area contributed by atoms with Crippen LogP contribution in [0.2, 0.25) is 0 Å². The normalized spacial score (nSPS) is 44.2. The fourth-order valence-corrected chi connectivity index (χ4v) is 3.76. The van der Waals surface area contributed by atoms with Crippen molar-refractivity contribution in [2.75, 3.05) is 13.2 Å². The molecule has 0 unspecified atom stereocenters. The molecule has 0 saturated carbocycles. The van der Waals surface area contributed by atoms with E-state index in [4.69, 9.17) is 27.3 Å². The van der Waals surface area contributed by atoms with Crippen LogP contribution in [-0.2, 0) is 37.7 Å². The maximum absolute atomic E-state index is 11.7. The zero-order valence-electron chi connectivity index (χ0n) is 12.4. The predicted octanol–water partition coefficient (Wildman–Crippen LogP) is 0.318. The highest BCUT2D eigenvalue weighted by molar-refractivity contribution is 7.82. The van der Waals surface area contributed by atoms with E-state index in [1.165, 1.54) is 0 Å². The van der Waals surface area contributed by atoms with Gasteiger partial charge in [-0.25, -0.2) is 8.37 Å². The van der Waals surface area contributed by atoms with E-state index in [0.717, 1.165) is 0 Å². The van der Waals surface area contributed by atoms with Gasteiger partial charge in [0.25, 0.3) is 0 Å². The van der Waals surface area contributed by atoms with Crippen LogP contribution in [0.1, 0.15) is 27.7 Å². The summed E-state index contributed by atoms with van der Waals surface area (Å²) in [6.07, 6.45) is -2.73. The first-order chi connectivity index (χ1) is 9.57. The van der Waals surface area contributed by atoms with Crippen molar-refractivity contribution in [3.05, 3.63) is 0 Å². The SMILES string of the molecule is CC1(C)OC[C@@H]([C@H]2OS(=O)(=O)O[C@H]2[C@H]2COC(C)(C)O2)O1. The first kappa shape index (κ1) is 15.6. The summed E-state index contributed by atoms with van der Waals surface area (Å²) in [7, 11) is -4.07. The van der Waals surface area contributed by atoms with Crippen LogP contribution < -0.4 is 0 Å². The molecule has 21 heavy (non-hydrogen) atoms. The fourth-order valence-electron chi connectivity index (χ4n) is 2.71. The van der Waals surface area contributed by atoms with Crippen LogP contribution in [0, 0.1) is 0 Å². The highest BCUT2D eigenvalue weighted by atomic mass is 32.3. The molecular formula is C12H20O8S. The van der Waals surface area contributed by atoms with Crippen molar-refractivity contribution in [2.45, 2.75) is 63.7 Å². The second-order valence-electron chi connectivity index (χ2n) is 6.26. The van der Waals surface area contributed by atoms with Crippen molar-refractivity contribution in [2.24, 2.45) is 0 Å². The van der Waals surface area contributed by atoms with Crippen molar-refractivity contribution in [1.82, 2.24) is 0 Å². The smallest absolute Gasteiger partial charge is 0.348 e. The van der Waals surface area contributed by atoms with Gasteiger partial charge in [-0.05, 0) is 27.7 Å². The summed E-state index contributed by atoms with van der Waals surface area (Å²) in [5, 5.41) is 0. The van der Waals surface area contributed by atoms with E-state index in [0.29, 0.717) is 0 Å². The molecule has 0 aromatic carbocycles. The van der Waals surface area contributed by atoms with Crippen LogP contribution in [0.5, 0.6) is 0 Å². The fraction of sp³-hybridized carbons (Fsp3) is 1.00. The van der Waals surface area contributed by atoms with Crippen molar-refractivity contribution in [3.63, 3.8) is 0 Å². The maximum Gasteiger partial charge on any atom is 0.400 e. The van der Waals surface area contributed by atoms with E-state index < -0.39 is 46.4 Å². The summed E-state index contributed by atoms with van der Waals surface area (Å²) in [5.41, 5.74) is 0. The molecule has 0 radical (unpaired) electrons. The molecular weight excluding hydrogens is 304 g/mol. The Balaban J connectivity index is 1.78. The van der Waals surface area contributed by atoms with Gasteiger partial charge in [-0.15, -0.1) is 0 Å². The van der Waals surface area contributed by atoms with E-state index in [9.17, 15) is 8.42 Å². The summed E-state index contributed by atoms with van der Waals surface area (Å²) < 4.78 is 55.6. The average Bonchev–Trinajstić information content (AvgIpc) is 2.94. The van der Waals surface area contributed by atoms with Gasteiger partial charge in [0.15, 0.2) is 11.6 Å². The number of hydrogen-bond acceptors (Lipinski definition) is 8. The molecule has 9 heteroatoms. The van der Waals surface area contributed by atoms with E-state index in [-0.39, 0.29) is 13.2 Å². The third kappa shape index (κ3) is 3.24. The molecule has 8 nitrogen and oxygen atoms in total. The summed E-state index contributed by atoms with van der Waals surface area (Å²) >= 11 is 0. The van der Waals surface area contributed by atoms with E-state index in [2.05, 4.69) is 0 Å². The molecule has 0 aliphatic carbocycles. The lowest BCUT2D eigenvalue weighted by Gasteiger charge is -2.25. The summed E-state index contributed by atoms with van der Waals surface area (Å²) in [5.74, 6) is -1.56. The lowest BCUT2D eigenvalue weighted by atomic mass is 10.0. The van der Waals surface area contributed by atoms with Gasteiger partial charge >= 0.3 is 10.4 Å². The number of rotatable bonds is 2. The molecule has 3 heterocycles. The monoisotopic (exact) mass is 324 g/mol. The highest BCUT2D eigenvalue weighted by Crippen LogP contribution is 2.37. The van der Waals surface area contributed by atoms with Crippen LogP contribution in [0.25, 0.3) is 0 Å². The summed E-state index contributed by atoms with van der Waals surface area (Å²) in [6.45, 7) is 7.47. The van der Waals surface area contributed by atoms with Crippen LogP contribution >= 0.6 is 0 Å². The molecule has 3 aliphatic heterocycles. The Labute approximate surface area is 123 Å². The van der Waals surface area contributed by atoms with Crippen LogP contribution in [-0.4, -0.2) is 57.6 Å². The summed E-state index contributed by atoms with van der Waals surface area (Å²) in [6, 6.07) is 0. The van der Waals surface area contributed by atoms with Crippen molar-refractivity contribution < 1.29 is 35.7 Å². The molecule has 4 atom stereocenters. The molecule has 0 aromatic rings. The Kier molecular flexibility index (Phi) is 3.60. The minimum Gasteiger partial charge on any atom is -0.348 e. The van der Waals surface area contributed by atoms with Gasteiger partial charge in [0, 0.05) is 0 Å². The van der Waals surface area contributed by atoms with Gasteiger partial charge in [0.05, 0.1) is 13.2 Å². The second-order valence-corrected chi connectivity index (χ2v) is 7.47. The van der Waals surface area contributed by atoms with E-state index in [1.54, 1.807) is 27.7 Å². The van der Waals surface area contributed by atoms with Crippen molar-refractivity contribution >= 4 is 10.4 Å². The summed E-state index contributed by atoms with van der Waals surface area (Å²) in [4.78, 5) is 0. The quantitative estimate of drug-likeness (QED) is 0.717. The molecule has 3 aliphatic rings. The molecule has 3 saturated heterocycles. The van der Waals surface area contributed by atoms with Gasteiger partial charge in [0.1, 0.15) is 24.4 Å². The highest BCUT2D eigenvalue weighted by Gasteiger charge is 2.54. The maximum atomic E-state index is 11.7. The van der Waals surface area contributed by atoms with Crippen LogP contribution in [0.3, 0.4) is 0 Å². The van der Waals surface area contributed by atoms with Gasteiger partial charge in [0.2, 0.25) is 0 Å². The molecule has 0 N–H and O–H groups in total. The molecule has 122 valence electrons. The first-order valence-electron chi connectivity index (χ1n) is 6.82. The Morgan fingerprint density at radius 1 is 0.810 bits per heavy atom. The lowest BCUT2D eigenvalue weighted by Crippen LogP contribution is -2.45. The molecule has 3 fully saturated rings. The molecule has 0 spiro atoms. The Bertz CT molecular complexity index is 473. The van der Waals surface area contributed by atoms with Crippen molar-refractivity contribution in [3.8, 4) is 0 Å². The van der Waals surface area contributed by atoms with Gasteiger partial charge < -0.3 is 18.9 Å². The van der Waals surface area contributed by atoms with Crippen LogP contribution in [0.4, 0.5) is 0 Å². The third-order valence-electron chi connectivity index (χ3n) is 3.58. The minimum absolute atomic E-state index is 0.226. The van der Waals surface area contributed by atoms with Gasteiger partial charge in [-0.1, -0.05) is 0 Å². The topological polar surface area (TPSA) is 89.5 Å². The van der Waals surface area contributed by atoms with E-state index in [1.807, 2.05) is 0 Å². The number of ether oxygens (including phenoxy) is 4. The Hall–Kier alpha value is -0.290. The molecule has 0 amide bonds. The Morgan fingerprint density at radius 3 is 1.48 bits per heavy atom. The zero-order valence-corrected chi connectivity index (χ0v) is 13.2. The molecule has 3 rings (SSSR count). The minimum atomic E-state index is -4.07. The predicted molar refractivity (Wildman–Crippen MR) is 68.5 cm³/mol. The zero-order chi connectivity index (χ0) is 15.5. The van der Waals surface area contributed by atoms with Crippen LogP contribution in [0.15, 0.2) is 0 Å². The third-order valence-corrected chi connectivity index (χ3v) is 4.49. The van der Waals surface area contributed by atoms with Gasteiger partial charge in [-0.3, -0.25) is 0 Å². The lowest BCUT2D eigenvalue weighted by molar-refractivity contribution is -0.165.